The van der Waals surface area contributed by atoms with E-state index in [-0.39, 0.29) is 11.8 Å². The fourth-order valence-corrected chi connectivity index (χ4v) is 1.05. The fourth-order valence-electron chi connectivity index (χ4n) is 1.05. The van der Waals surface area contributed by atoms with Gasteiger partial charge in [-0.3, -0.25) is 0 Å². The average molecular weight is 184 g/mol. The molecule has 12 heavy (non-hydrogen) atoms. The van der Waals surface area contributed by atoms with E-state index in [1.165, 1.54) is 0 Å². The summed E-state index contributed by atoms with van der Waals surface area (Å²) in [4.78, 5) is 0. The molecule has 1 nitrogen and oxygen atoms in total. The zero-order valence-corrected chi connectivity index (χ0v) is 7.57. The van der Waals surface area contributed by atoms with E-state index in [4.69, 9.17) is 5.11 Å². The maximum Gasteiger partial charge on any atom is 0.391 e. The Morgan fingerprint density at radius 2 is 1.50 bits per heavy atom. The van der Waals surface area contributed by atoms with Crippen LogP contribution < -0.4 is 0 Å². The van der Waals surface area contributed by atoms with Crippen LogP contribution in [0, 0.1) is 5.41 Å². The van der Waals surface area contributed by atoms with Crippen molar-refractivity contribution >= 4 is 0 Å². The molecule has 0 radical (unpaired) electrons. The van der Waals surface area contributed by atoms with E-state index in [0.29, 0.717) is 0 Å². The van der Waals surface area contributed by atoms with Gasteiger partial charge in [-0.2, -0.15) is 13.2 Å². The van der Waals surface area contributed by atoms with Crippen LogP contribution in [0.5, 0.6) is 0 Å². The molecule has 0 aromatic rings. The lowest BCUT2D eigenvalue weighted by molar-refractivity contribution is -0.156. The standard InChI is InChI=1S/C8H15F3O/c1-7(2,3)4-6(12)5-8(9,10)11/h6,12H,4-5H2,1-3H3. The Morgan fingerprint density at radius 1 is 1.08 bits per heavy atom. The van der Waals surface area contributed by atoms with E-state index < -0.39 is 18.7 Å². The monoisotopic (exact) mass is 184 g/mol. The van der Waals surface area contributed by atoms with Gasteiger partial charge in [0.15, 0.2) is 0 Å². The van der Waals surface area contributed by atoms with E-state index in [0.717, 1.165) is 0 Å². The van der Waals surface area contributed by atoms with Gasteiger partial charge < -0.3 is 5.11 Å². The number of aliphatic hydroxyl groups excluding tert-OH is 1. The highest BCUT2D eigenvalue weighted by Crippen LogP contribution is 2.28. The molecule has 0 spiro atoms. The summed E-state index contributed by atoms with van der Waals surface area (Å²) in [5, 5.41) is 9.00. The predicted molar refractivity (Wildman–Crippen MR) is 40.8 cm³/mol. The average Bonchev–Trinajstić information content (AvgIpc) is 1.49. The summed E-state index contributed by atoms with van der Waals surface area (Å²) < 4.78 is 35.2. The van der Waals surface area contributed by atoms with E-state index in [1.54, 1.807) is 20.8 Å². The number of aliphatic hydroxyl groups is 1. The van der Waals surface area contributed by atoms with Crippen LogP contribution in [0.4, 0.5) is 13.2 Å². The Hall–Kier alpha value is -0.250. The molecule has 0 aliphatic rings. The van der Waals surface area contributed by atoms with Gasteiger partial charge >= 0.3 is 6.18 Å². The normalized spacial score (nSPS) is 16.2. The number of hydrogen-bond acceptors (Lipinski definition) is 1. The first-order chi connectivity index (χ1) is 5.10. The second kappa shape index (κ2) is 3.64. The molecule has 0 fully saturated rings. The van der Waals surface area contributed by atoms with E-state index in [2.05, 4.69) is 0 Å². The maximum atomic E-state index is 11.7. The van der Waals surface area contributed by atoms with Crippen molar-refractivity contribution in [3.05, 3.63) is 0 Å². The first kappa shape index (κ1) is 11.8. The van der Waals surface area contributed by atoms with Crippen molar-refractivity contribution in [2.75, 3.05) is 0 Å². The molecular formula is C8H15F3O. The summed E-state index contributed by atoms with van der Waals surface area (Å²) >= 11 is 0. The quantitative estimate of drug-likeness (QED) is 0.699. The van der Waals surface area contributed by atoms with Gasteiger partial charge in [0.1, 0.15) is 0 Å². The van der Waals surface area contributed by atoms with Crippen LogP contribution in [-0.4, -0.2) is 17.4 Å². The fraction of sp³-hybridized carbons (Fsp3) is 1.00. The summed E-state index contributed by atoms with van der Waals surface area (Å²) in [6.45, 7) is 5.39. The minimum absolute atomic E-state index is 0.173. The Morgan fingerprint density at radius 3 is 1.75 bits per heavy atom. The van der Waals surface area contributed by atoms with Gasteiger partial charge in [0.05, 0.1) is 12.5 Å². The van der Waals surface area contributed by atoms with Crippen molar-refractivity contribution in [2.45, 2.75) is 45.9 Å². The predicted octanol–water partition coefficient (Wildman–Crippen LogP) is 2.74. The van der Waals surface area contributed by atoms with Crippen LogP contribution in [0.3, 0.4) is 0 Å². The molecule has 1 N–H and O–H groups in total. The first-order valence-corrected chi connectivity index (χ1v) is 3.85. The largest absolute Gasteiger partial charge is 0.393 e. The topological polar surface area (TPSA) is 20.2 Å². The van der Waals surface area contributed by atoms with Crippen molar-refractivity contribution in [2.24, 2.45) is 5.41 Å². The third kappa shape index (κ3) is 7.85. The zero-order valence-electron chi connectivity index (χ0n) is 7.57. The van der Waals surface area contributed by atoms with E-state index in [1.807, 2.05) is 0 Å². The zero-order chi connectivity index (χ0) is 9.99. The molecule has 0 aliphatic carbocycles. The van der Waals surface area contributed by atoms with E-state index in [9.17, 15) is 13.2 Å². The lowest BCUT2D eigenvalue weighted by Gasteiger charge is -2.22. The lowest BCUT2D eigenvalue weighted by atomic mass is 9.88. The molecule has 0 saturated carbocycles. The van der Waals surface area contributed by atoms with Crippen LogP contribution in [0.1, 0.15) is 33.6 Å². The van der Waals surface area contributed by atoms with Crippen molar-refractivity contribution in [3.63, 3.8) is 0 Å². The maximum absolute atomic E-state index is 11.7. The van der Waals surface area contributed by atoms with Gasteiger partial charge in [-0.05, 0) is 11.8 Å². The summed E-state index contributed by atoms with van der Waals surface area (Å²) in [6.07, 6.45) is -6.47. The van der Waals surface area contributed by atoms with Crippen molar-refractivity contribution in [3.8, 4) is 0 Å². The van der Waals surface area contributed by atoms with Gasteiger partial charge in [0, 0.05) is 0 Å². The highest BCUT2D eigenvalue weighted by atomic mass is 19.4. The molecular weight excluding hydrogens is 169 g/mol. The highest BCUT2D eigenvalue weighted by Gasteiger charge is 2.32. The first-order valence-electron chi connectivity index (χ1n) is 3.85. The summed E-state index contributed by atoms with van der Waals surface area (Å²) in [6, 6.07) is 0. The summed E-state index contributed by atoms with van der Waals surface area (Å²) in [5.74, 6) is 0. The molecule has 74 valence electrons. The van der Waals surface area contributed by atoms with Crippen molar-refractivity contribution < 1.29 is 18.3 Å². The van der Waals surface area contributed by atoms with Gasteiger partial charge in [-0.15, -0.1) is 0 Å². The minimum atomic E-state index is -4.26. The third-order valence-corrected chi connectivity index (χ3v) is 1.32. The number of rotatable bonds is 2. The molecule has 0 rings (SSSR count). The Balaban J connectivity index is 3.83. The van der Waals surface area contributed by atoms with Crippen molar-refractivity contribution in [1.29, 1.82) is 0 Å². The molecule has 0 aliphatic heterocycles. The Bertz CT molecular complexity index is 118. The lowest BCUT2D eigenvalue weighted by Crippen LogP contribution is -2.24. The van der Waals surface area contributed by atoms with Crippen LogP contribution in [0.25, 0.3) is 0 Å². The summed E-state index contributed by atoms with van der Waals surface area (Å²) in [7, 11) is 0. The van der Waals surface area contributed by atoms with Gasteiger partial charge in [-0.1, -0.05) is 20.8 Å². The molecule has 1 unspecified atom stereocenters. The van der Waals surface area contributed by atoms with Crippen LogP contribution >= 0.6 is 0 Å². The summed E-state index contributed by atoms with van der Waals surface area (Å²) in [5.41, 5.74) is -0.259. The second-order valence-corrected chi connectivity index (χ2v) is 4.24. The molecule has 0 aromatic carbocycles. The van der Waals surface area contributed by atoms with Gasteiger partial charge in [0.2, 0.25) is 0 Å². The van der Waals surface area contributed by atoms with Crippen LogP contribution in [0.15, 0.2) is 0 Å². The smallest absolute Gasteiger partial charge is 0.391 e. The molecule has 0 heterocycles. The Labute approximate surface area is 70.6 Å². The van der Waals surface area contributed by atoms with E-state index >= 15 is 0 Å². The van der Waals surface area contributed by atoms with Gasteiger partial charge in [0.25, 0.3) is 0 Å². The molecule has 0 bridgehead atoms. The molecule has 0 aromatic heterocycles. The SMILES string of the molecule is CC(C)(C)CC(O)CC(F)(F)F. The number of alkyl halides is 3. The molecule has 0 amide bonds. The van der Waals surface area contributed by atoms with Crippen LogP contribution in [-0.2, 0) is 0 Å². The minimum Gasteiger partial charge on any atom is -0.393 e. The second-order valence-electron chi connectivity index (χ2n) is 4.24. The van der Waals surface area contributed by atoms with Gasteiger partial charge in [-0.25, -0.2) is 0 Å². The van der Waals surface area contributed by atoms with Crippen LogP contribution in [0.2, 0.25) is 0 Å². The number of halogens is 3. The molecule has 0 saturated heterocycles. The van der Waals surface area contributed by atoms with Crippen molar-refractivity contribution in [1.82, 2.24) is 0 Å². The third-order valence-electron chi connectivity index (χ3n) is 1.32. The highest BCUT2D eigenvalue weighted by molar-refractivity contribution is 4.70. The Kier molecular flexibility index (Phi) is 3.57. The molecule has 1 atom stereocenters. The molecule has 4 heteroatoms. The number of hydrogen-bond donors (Lipinski definition) is 1.